The van der Waals surface area contributed by atoms with Crippen LogP contribution in [0, 0.1) is 10.1 Å². The quantitative estimate of drug-likeness (QED) is 0.301. The van der Waals surface area contributed by atoms with Crippen molar-refractivity contribution < 1.29 is 9.72 Å². The number of nitro groups is 1. The van der Waals surface area contributed by atoms with Crippen LogP contribution in [0.3, 0.4) is 0 Å². The second-order valence-electron chi connectivity index (χ2n) is 2.43. The number of hydrogen-bond donors (Lipinski definition) is 3. The molecule has 1 aromatic rings. The summed E-state index contributed by atoms with van der Waals surface area (Å²) in [6.07, 6.45) is 0. The average Bonchev–Trinajstić information content (AvgIpc) is 2.01. The second kappa shape index (κ2) is 3.97. The summed E-state index contributed by atoms with van der Waals surface area (Å²) < 4.78 is 0. The molecule has 0 spiro atoms. The number of hydrogen-bond acceptors (Lipinski definition) is 4. The van der Waals surface area contributed by atoms with Crippen molar-refractivity contribution in [3.8, 4) is 0 Å². The van der Waals surface area contributed by atoms with Gasteiger partial charge in [0.2, 0.25) is 0 Å². The Bertz CT molecular complexity index is 394. The maximum atomic E-state index is 10.6. The number of benzene rings is 1. The van der Waals surface area contributed by atoms with Crippen molar-refractivity contribution in [3.63, 3.8) is 0 Å². The fourth-order valence-corrected chi connectivity index (χ4v) is 1.10. The summed E-state index contributed by atoms with van der Waals surface area (Å²) >= 11 is 3.45. The van der Waals surface area contributed by atoms with Crippen molar-refractivity contribution in [1.82, 2.24) is 0 Å². The summed E-state index contributed by atoms with van der Waals surface area (Å²) in [5.41, 5.74) is 5.09. The van der Waals surface area contributed by atoms with Gasteiger partial charge in [0.15, 0.2) is 0 Å². The van der Waals surface area contributed by atoms with Crippen LogP contribution >= 0.6 is 12.6 Å². The fourth-order valence-electron chi connectivity index (χ4n) is 0.981. The number of nitro benzene ring substituents is 1. The molecule has 3 N–H and O–H groups in total. The number of nitrogens with one attached hydrogen (secondary N) is 1. The van der Waals surface area contributed by atoms with Gasteiger partial charge in [-0.3, -0.25) is 14.9 Å². The second-order valence-corrected chi connectivity index (χ2v) is 2.84. The first kappa shape index (κ1) is 10.3. The van der Waals surface area contributed by atoms with E-state index in [9.17, 15) is 14.9 Å². The van der Waals surface area contributed by atoms with Crippen LogP contribution in [0.2, 0.25) is 0 Å². The smallest absolute Gasteiger partial charge is 0.315 e. The van der Waals surface area contributed by atoms with Gasteiger partial charge in [0.25, 0.3) is 5.24 Å². The third-order valence-electron chi connectivity index (χ3n) is 1.49. The average molecular weight is 213 g/mol. The summed E-state index contributed by atoms with van der Waals surface area (Å²) in [7, 11) is 0. The molecule has 14 heavy (non-hydrogen) atoms. The molecule has 0 unspecified atom stereocenters. The lowest BCUT2D eigenvalue weighted by Crippen LogP contribution is -2.06. The molecule has 1 amide bonds. The summed E-state index contributed by atoms with van der Waals surface area (Å²) in [6.45, 7) is 0. The maximum Gasteiger partial charge on any atom is 0.315 e. The summed E-state index contributed by atoms with van der Waals surface area (Å²) in [6, 6.07) is 4.26. The molecule has 1 aromatic carbocycles. The van der Waals surface area contributed by atoms with Crippen LogP contribution in [-0.4, -0.2) is 10.2 Å². The zero-order chi connectivity index (χ0) is 10.7. The van der Waals surface area contributed by atoms with Gasteiger partial charge in [0.1, 0.15) is 11.4 Å². The first-order valence-electron chi connectivity index (χ1n) is 3.55. The van der Waals surface area contributed by atoms with E-state index in [1.807, 2.05) is 0 Å². The highest BCUT2D eigenvalue weighted by molar-refractivity contribution is 7.96. The number of nitrogen functional groups attached to an aromatic ring is 1. The van der Waals surface area contributed by atoms with Crippen molar-refractivity contribution in [2.45, 2.75) is 0 Å². The molecule has 0 atom stereocenters. The Hall–Kier alpha value is -1.76. The predicted octanol–water partition coefficient (Wildman–Crippen LogP) is 1.64. The van der Waals surface area contributed by atoms with Gasteiger partial charge in [-0.25, -0.2) is 0 Å². The van der Waals surface area contributed by atoms with Crippen molar-refractivity contribution >= 4 is 34.9 Å². The molecule has 0 aliphatic heterocycles. The molecule has 6 nitrogen and oxygen atoms in total. The number of rotatable bonds is 2. The number of amides is 1. The van der Waals surface area contributed by atoms with Crippen molar-refractivity contribution in [1.29, 1.82) is 0 Å². The number of anilines is 2. The van der Waals surface area contributed by atoms with Gasteiger partial charge in [0.05, 0.1) is 4.92 Å². The largest absolute Gasteiger partial charge is 0.393 e. The molecule has 0 fully saturated rings. The first-order chi connectivity index (χ1) is 6.52. The predicted molar refractivity (Wildman–Crippen MR) is 55.5 cm³/mol. The Balaban J connectivity index is 3.21. The van der Waals surface area contributed by atoms with Crippen LogP contribution in [0.15, 0.2) is 18.2 Å². The lowest BCUT2D eigenvalue weighted by Gasteiger charge is -2.03. The molecule has 0 bridgehead atoms. The van der Waals surface area contributed by atoms with Crippen LogP contribution in [-0.2, 0) is 0 Å². The highest BCUT2D eigenvalue weighted by Crippen LogP contribution is 2.30. The van der Waals surface area contributed by atoms with Gasteiger partial charge >= 0.3 is 5.69 Å². The molecule has 1 rings (SSSR count). The van der Waals surface area contributed by atoms with E-state index >= 15 is 0 Å². The molecule has 0 aliphatic carbocycles. The topological polar surface area (TPSA) is 98.3 Å². The van der Waals surface area contributed by atoms with Crippen LogP contribution in [0.25, 0.3) is 0 Å². The normalized spacial score (nSPS) is 9.50. The van der Waals surface area contributed by atoms with Crippen molar-refractivity contribution in [3.05, 3.63) is 28.3 Å². The van der Waals surface area contributed by atoms with Gasteiger partial charge in [-0.15, -0.1) is 0 Å². The van der Waals surface area contributed by atoms with E-state index in [1.54, 1.807) is 0 Å². The van der Waals surface area contributed by atoms with Crippen molar-refractivity contribution in [2.75, 3.05) is 11.1 Å². The van der Waals surface area contributed by atoms with Crippen LogP contribution in [0.5, 0.6) is 0 Å². The Kier molecular flexibility index (Phi) is 2.92. The molecule has 74 valence electrons. The molecule has 0 aromatic heterocycles. The standard InChI is InChI=1S/C7H7N3O3S/c8-4-2-1-3-5(9-7(11)14)6(4)10(12)13/h1-3H,8H2,(H2,9,11,14). The lowest BCUT2D eigenvalue weighted by molar-refractivity contribution is -0.383. The highest BCUT2D eigenvalue weighted by Gasteiger charge is 2.18. The van der Waals surface area contributed by atoms with E-state index in [1.165, 1.54) is 18.2 Å². The number of nitrogens with zero attached hydrogens (tertiary/aromatic N) is 1. The first-order valence-corrected chi connectivity index (χ1v) is 4.00. The van der Waals surface area contributed by atoms with Gasteiger partial charge in [-0.2, -0.15) is 0 Å². The lowest BCUT2D eigenvalue weighted by atomic mass is 10.2. The van der Waals surface area contributed by atoms with Crippen LogP contribution < -0.4 is 11.1 Å². The van der Waals surface area contributed by atoms with E-state index in [4.69, 9.17) is 5.73 Å². The third kappa shape index (κ3) is 2.13. The van der Waals surface area contributed by atoms with E-state index in [-0.39, 0.29) is 17.1 Å². The fraction of sp³-hybridized carbons (Fsp3) is 0. The molecule has 7 heteroatoms. The summed E-state index contributed by atoms with van der Waals surface area (Å²) in [4.78, 5) is 20.5. The number of nitrogens with two attached hydrogens (primary N) is 1. The summed E-state index contributed by atoms with van der Waals surface area (Å²) in [5.74, 6) is 0. The molecule has 0 radical (unpaired) electrons. The number of carbonyl (C=O) groups excluding carboxylic acids is 1. The minimum absolute atomic E-state index is 0.00502. The minimum atomic E-state index is -0.682. The van der Waals surface area contributed by atoms with Gasteiger partial charge in [-0.05, 0) is 12.1 Å². The van der Waals surface area contributed by atoms with Gasteiger partial charge < -0.3 is 11.1 Å². The van der Waals surface area contributed by atoms with Crippen molar-refractivity contribution in [2.24, 2.45) is 0 Å². The SMILES string of the molecule is Nc1cccc(NC(=O)S)c1[N+](=O)[O-]. The molecule has 0 aliphatic rings. The Morgan fingerprint density at radius 3 is 2.71 bits per heavy atom. The molecular weight excluding hydrogens is 206 g/mol. The Morgan fingerprint density at radius 2 is 2.21 bits per heavy atom. The Labute approximate surface area is 84.7 Å². The Morgan fingerprint density at radius 1 is 1.57 bits per heavy atom. The molecule has 0 heterocycles. The van der Waals surface area contributed by atoms with Gasteiger partial charge in [0, 0.05) is 0 Å². The monoisotopic (exact) mass is 213 g/mol. The van der Waals surface area contributed by atoms with E-state index in [0.29, 0.717) is 0 Å². The molecule has 0 saturated carbocycles. The summed E-state index contributed by atoms with van der Waals surface area (Å²) in [5, 5.41) is 12.1. The zero-order valence-electron chi connectivity index (χ0n) is 6.93. The van der Waals surface area contributed by atoms with Crippen LogP contribution in [0.4, 0.5) is 21.9 Å². The minimum Gasteiger partial charge on any atom is -0.393 e. The van der Waals surface area contributed by atoms with Crippen LogP contribution in [0.1, 0.15) is 0 Å². The highest BCUT2D eigenvalue weighted by atomic mass is 32.1. The molecule has 0 saturated heterocycles. The zero-order valence-corrected chi connectivity index (χ0v) is 7.82. The molecular formula is C7H7N3O3S. The number of carbonyl (C=O) groups is 1. The van der Waals surface area contributed by atoms with E-state index in [2.05, 4.69) is 17.9 Å². The van der Waals surface area contributed by atoms with E-state index in [0.717, 1.165) is 0 Å². The number of thiol groups is 1. The number of para-hydroxylation sites is 1. The van der Waals surface area contributed by atoms with Gasteiger partial charge in [-0.1, -0.05) is 18.7 Å². The third-order valence-corrected chi connectivity index (χ3v) is 1.60. The maximum absolute atomic E-state index is 10.6. The van der Waals surface area contributed by atoms with E-state index < -0.39 is 10.2 Å².